The SMILES string of the molecule is CC(C)(ON)C(=O)NNC(=O)c1cc(=O)c(O)c[nH]1. The Bertz CT molecular complexity index is 551. The van der Waals surface area contributed by atoms with Crippen LogP contribution in [0.3, 0.4) is 0 Å². The molecular weight excluding hydrogens is 256 g/mol. The molecule has 0 atom stereocenters. The van der Waals surface area contributed by atoms with Gasteiger partial charge in [-0.1, -0.05) is 0 Å². The molecule has 0 fully saturated rings. The molecule has 19 heavy (non-hydrogen) atoms. The van der Waals surface area contributed by atoms with Gasteiger partial charge in [0.25, 0.3) is 11.8 Å². The number of aromatic hydroxyl groups is 1. The highest BCUT2D eigenvalue weighted by molar-refractivity contribution is 5.94. The smallest absolute Gasteiger partial charge is 0.286 e. The molecule has 0 aliphatic carbocycles. The molecule has 6 N–H and O–H groups in total. The Morgan fingerprint density at radius 1 is 1.42 bits per heavy atom. The average Bonchev–Trinajstić information content (AvgIpc) is 2.38. The zero-order chi connectivity index (χ0) is 14.6. The summed E-state index contributed by atoms with van der Waals surface area (Å²) >= 11 is 0. The maximum absolute atomic E-state index is 11.6. The maximum Gasteiger partial charge on any atom is 0.286 e. The lowest BCUT2D eigenvalue weighted by molar-refractivity contribution is -0.144. The van der Waals surface area contributed by atoms with Gasteiger partial charge in [0.1, 0.15) is 5.69 Å². The number of carbonyl (C=O) groups is 2. The van der Waals surface area contributed by atoms with Gasteiger partial charge in [-0.15, -0.1) is 0 Å². The summed E-state index contributed by atoms with van der Waals surface area (Å²) in [6.45, 7) is 2.80. The van der Waals surface area contributed by atoms with Crippen molar-refractivity contribution in [3.05, 3.63) is 28.2 Å². The van der Waals surface area contributed by atoms with Crippen LogP contribution in [0.25, 0.3) is 0 Å². The minimum atomic E-state index is -1.32. The Morgan fingerprint density at radius 2 is 2.05 bits per heavy atom. The molecule has 2 amide bonds. The van der Waals surface area contributed by atoms with Crippen LogP contribution < -0.4 is 22.2 Å². The number of rotatable bonds is 3. The summed E-state index contributed by atoms with van der Waals surface area (Å²) in [7, 11) is 0. The molecule has 9 nitrogen and oxygen atoms in total. The van der Waals surface area contributed by atoms with Crippen molar-refractivity contribution in [2.24, 2.45) is 5.90 Å². The number of pyridine rings is 1. The van der Waals surface area contributed by atoms with Gasteiger partial charge in [0, 0.05) is 12.3 Å². The van der Waals surface area contributed by atoms with Crippen molar-refractivity contribution in [2.75, 3.05) is 0 Å². The molecule has 0 unspecified atom stereocenters. The van der Waals surface area contributed by atoms with Gasteiger partial charge in [-0.25, -0.2) is 5.90 Å². The summed E-state index contributed by atoms with van der Waals surface area (Å²) in [5.74, 6) is 2.95. The molecule has 1 rings (SSSR count). The second-order valence-corrected chi connectivity index (χ2v) is 4.13. The van der Waals surface area contributed by atoms with Crippen LogP contribution in [-0.4, -0.2) is 27.5 Å². The monoisotopic (exact) mass is 270 g/mol. The number of aromatic nitrogens is 1. The fraction of sp³-hybridized carbons (Fsp3) is 0.300. The van der Waals surface area contributed by atoms with E-state index in [1.807, 2.05) is 0 Å². The maximum atomic E-state index is 11.6. The number of hydrogen-bond acceptors (Lipinski definition) is 6. The van der Waals surface area contributed by atoms with E-state index < -0.39 is 28.6 Å². The van der Waals surface area contributed by atoms with E-state index in [9.17, 15) is 14.4 Å². The minimum absolute atomic E-state index is 0.130. The second kappa shape index (κ2) is 5.50. The van der Waals surface area contributed by atoms with Crippen LogP contribution >= 0.6 is 0 Å². The molecule has 0 radical (unpaired) electrons. The molecule has 0 saturated heterocycles. The third kappa shape index (κ3) is 3.53. The largest absolute Gasteiger partial charge is 0.503 e. The van der Waals surface area contributed by atoms with Crippen molar-refractivity contribution in [1.82, 2.24) is 15.8 Å². The quantitative estimate of drug-likeness (QED) is 0.423. The van der Waals surface area contributed by atoms with Gasteiger partial charge >= 0.3 is 0 Å². The molecule has 0 aliphatic heterocycles. The van der Waals surface area contributed by atoms with E-state index in [2.05, 4.69) is 20.7 Å². The summed E-state index contributed by atoms with van der Waals surface area (Å²) in [6, 6.07) is 0.890. The second-order valence-electron chi connectivity index (χ2n) is 4.13. The number of H-pyrrole nitrogens is 1. The highest BCUT2D eigenvalue weighted by Crippen LogP contribution is 2.04. The lowest BCUT2D eigenvalue weighted by Crippen LogP contribution is -2.52. The van der Waals surface area contributed by atoms with Crippen molar-refractivity contribution in [3.8, 4) is 5.75 Å². The van der Waals surface area contributed by atoms with Crippen molar-refractivity contribution in [3.63, 3.8) is 0 Å². The molecule has 9 heteroatoms. The average molecular weight is 270 g/mol. The number of aromatic amines is 1. The first-order chi connectivity index (χ1) is 8.77. The molecule has 1 heterocycles. The van der Waals surface area contributed by atoms with Crippen molar-refractivity contribution >= 4 is 11.8 Å². The van der Waals surface area contributed by atoms with Crippen molar-refractivity contribution in [1.29, 1.82) is 0 Å². The standard InChI is InChI=1S/C10H14N4O5/c1-10(2,19-11)9(18)14-13-8(17)5-3-6(15)7(16)4-12-5/h3-4,16H,11H2,1-2H3,(H,12,15)(H,13,17)(H,14,18). The van der Waals surface area contributed by atoms with Gasteiger partial charge < -0.3 is 10.1 Å². The Kier molecular flexibility index (Phi) is 4.25. The highest BCUT2D eigenvalue weighted by atomic mass is 16.6. The Balaban J connectivity index is 2.68. The lowest BCUT2D eigenvalue weighted by Gasteiger charge is -2.20. The van der Waals surface area contributed by atoms with E-state index in [4.69, 9.17) is 11.0 Å². The van der Waals surface area contributed by atoms with Gasteiger partial charge in [-0.3, -0.25) is 30.1 Å². The lowest BCUT2D eigenvalue weighted by atomic mass is 10.1. The van der Waals surface area contributed by atoms with E-state index in [0.29, 0.717) is 0 Å². The number of amides is 2. The van der Waals surface area contributed by atoms with E-state index in [0.717, 1.165) is 12.3 Å². The molecular formula is C10H14N4O5. The van der Waals surface area contributed by atoms with E-state index in [1.54, 1.807) is 0 Å². The molecule has 0 aromatic carbocycles. The summed E-state index contributed by atoms with van der Waals surface area (Å²) in [5, 5.41) is 9.01. The van der Waals surface area contributed by atoms with E-state index >= 15 is 0 Å². The Hall–Kier alpha value is -2.39. The van der Waals surface area contributed by atoms with Crippen LogP contribution in [-0.2, 0) is 9.63 Å². The minimum Gasteiger partial charge on any atom is -0.503 e. The fourth-order valence-corrected chi connectivity index (χ4v) is 0.980. The summed E-state index contributed by atoms with van der Waals surface area (Å²) in [4.78, 5) is 41.0. The van der Waals surface area contributed by atoms with Gasteiger partial charge in [-0.05, 0) is 13.8 Å². The van der Waals surface area contributed by atoms with Gasteiger partial charge in [-0.2, -0.15) is 0 Å². The predicted molar refractivity (Wildman–Crippen MR) is 63.7 cm³/mol. The normalized spacial score (nSPS) is 10.9. The number of hydrogen-bond donors (Lipinski definition) is 5. The highest BCUT2D eigenvalue weighted by Gasteiger charge is 2.28. The number of carbonyl (C=O) groups excluding carboxylic acids is 2. The summed E-state index contributed by atoms with van der Waals surface area (Å²) in [6.07, 6.45) is 0.964. The zero-order valence-corrected chi connectivity index (χ0v) is 10.3. The first kappa shape index (κ1) is 14.7. The molecule has 104 valence electrons. The molecule has 0 spiro atoms. The van der Waals surface area contributed by atoms with Gasteiger partial charge in [0.15, 0.2) is 11.4 Å². The number of nitrogens with two attached hydrogens (primary N) is 1. The van der Waals surface area contributed by atoms with Crippen LogP contribution in [0, 0.1) is 0 Å². The fourth-order valence-electron chi connectivity index (χ4n) is 0.980. The summed E-state index contributed by atoms with van der Waals surface area (Å²) < 4.78 is 0. The molecule has 1 aromatic rings. The molecule has 0 bridgehead atoms. The Labute approximate surface area is 107 Å². The predicted octanol–water partition coefficient (Wildman–Crippen LogP) is -1.49. The third-order valence-corrected chi connectivity index (χ3v) is 2.27. The van der Waals surface area contributed by atoms with Crippen LogP contribution in [0.15, 0.2) is 17.1 Å². The van der Waals surface area contributed by atoms with E-state index in [1.165, 1.54) is 13.8 Å². The molecule has 0 aliphatic rings. The topological polar surface area (TPSA) is 147 Å². The van der Waals surface area contributed by atoms with Crippen LogP contribution in [0.4, 0.5) is 0 Å². The Morgan fingerprint density at radius 3 is 2.58 bits per heavy atom. The number of hydrazine groups is 1. The number of nitrogens with one attached hydrogen (secondary N) is 3. The molecule has 1 aromatic heterocycles. The van der Waals surface area contributed by atoms with Gasteiger partial charge in [0.2, 0.25) is 5.43 Å². The van der Waals surface area contributed by atoms with Gasteiger partial charge in [0.05, 0.1) is 0 Å². The summed E-state index contributed by atoms with van der Waals surface area (Å²) in [5.41, 5.74) is 1.96. The molecule has 0 saturated carbocycles. The zero-order valence-electron chi connectivity index (χ0n) is 10.3. The van der Waals surface area contributed by atoms with Crippen LogP contribution in [0.2, 0.25) is 0 Å². The van der Waals surface area contributed by atoms with E-state index in [-0.39, 0.29) is 5.69 Å². The van der Waals surface area contributed by atoms with Crippen molar-refractivity contribution in [2.45, 2.75) is 19.4 Å². The first-order valence-corrected chi connectivity index (χ1v) is 5.18. The van der Waals surface area contributed by atoms with Crippen LogP contribution in [0.1, 0.15) is 24.3 Å². The third-order valence-electron chi connectivity index (χ3n) is 2.27. The first-order valence-electron chi connectivity index (χ1n) is 5.18. The van der Waals surface area contributed by atoms with Crippen LogP contribution in [0.5, 0.6) is 5.75 Å². The van der Waals surface area contributed by atoms with Crippen molar-refractivity contribution < 1.29 is 19.5 Å².